The van der Waals surface area contributed by atoms with Gasteiger partial charge in [0.25, 0.3) is 0 Å². The van der Waals surface area contributed by atoms with Crippen LogP contribution in [0.3, 0.4) is 0 Å². The summed E-state index contributed by atoms with van der Waals surface area (Å²) in [5.41, 5.74) is 1.22. The van der Waals surface area contributed by atoms with Crippen molar-refractivity contribution >= 4 is 38.8 Å². The maximum atomic E-state index is 10.3. The van der Waals surface area contributed by atoms with Crippen LogP contribution in [0.4, 0.5) is 0 Å². The first-order chi connectivity index (χ1) is 7.09. The van der Waals surface area contributed by atoms with E-state index in [1.807, 2.05) is 6.07 Å². The Morgan fingerprint density at radius 2 is 2.33 bits per heavy atom. The lowest BCUT2D eigenvalue weighted by molar-refractivity contribution is -0.137. The summed E-state index contributed by atoms with van der Waals surface area (Å²) in [7, 11) is 0. The molecule has 0 amide bonds. The molecule has 0 aromatic carbocycles. The Bertz CT molecular complexity index is 368. The van der Waals surface area contributed by atoms with Gasteiger partial charge in [0.1, 0.15) is 0 Å². The van der Waals surface area contributed by atoms with Gasteiger partial charge in [0.2, 0.25) is 0 Å². The summed E-state index contributed by atoms with van der Waals surface area (Å²) in [6.45, 7) is 2.05. The van der Waals surface area contributed by atoms with E-state index in [0.29, 0.717) is 6.42 Å². The van der Waals surface area contributed by atoms with Crippen LogP contribution in [0, 0.1) is 0 Å². The van der Waals surface area contributed by atoms with Gasteiger partial charge in [0, 0.05) is 11.3 Å². The van der Waals surface area contributed by atoms with Crippen molar-refractivity contribution in [2.75, 3.05) is 0 Å². The van der Waals surface area contributed by atoms with Crippen molar-refractivity contribution in [1.82, 2.24) is 0 Å². The van der Waals surface area contributed by atoms with Gasteiger partial charge in [-0.15, -0.1) is 11.3 Å². The first kappa shape index (κ1) is 12.5. The quantitative estimate of drug-likeness (QED) is 0.826. The van der Waals surface area contributed by atoms with Crippen LogP contribution in [-0.4, -0.2) is 11.1 Å². The van der Waals surface area contributed by atoms with Crippen LogP contribution in [0.2, 0.25) is 0 Å². The van der Waals surface area contributed by atoms with Gasteiger partial charge in [-0.2, -0.15) is 0 Å². The highest BCUT2D eigenvalue weighted by molar-refractivity contribution is 9.11. The highest BCUT2D eigenvalue weighted by Gasteiger charge is 2.00. The van der Waals surface area contributed by atoms with Crippen molar-refractivity contribution < 1.29 is 9.90 Å². The minimum absolute atomic E-state index is 0.248. The molecule has 0 aliphatic heterocycles. The van der Waals surface area contributed by atoms with Crippen molar-refractivity contribution in [3.63, 3.8) is 0 Å². The van der Waals surface area contributed by atoms with E-state index in [1.54, 1.807) is 11.3 Å². The number of aliphatic carboxylic acids is 1. The molecular weight excluding hydrogens is 276 g/mol. The second kappa shape index (κ2) is 6.08. The second-order valence-corrected chi connectivity index (χ2v) is 5.74. The molecule has 15 heavy (non-hydrogen) atoms. The number of hydrogen-bond donors (Lipinski definition) is 1. The lowest BCUT2D eigenvalue weighted by Crippen LogP contribution is -1.92. The summed E-state index contributed by atoms with van der Waals surface area (Å²) in [5.74, 6) is -0.722. The van der Waals surface area contributed by atoms with Gasteiger partial charge in [-0.05, 0) is 53.4 Å². The Morgan fingerprint density at radius 3 is 2.87 bits per heavy atom. The van der Waals surface area contributed by atoms with Crippen molar-refractivity contribution in [3.05, 3.63) is 26.9 Å². The molecule has 1 heterocycles. The second-order valence-electron chi connectivity index (χ2n) is 3.28. The Kier molecular flexibility index (Phi) is 5.05. The van der Waals surface area contributed by atoms with Gasteiger partial charge in [0.05, 0.1) is 3.79 Å². The first-order valence-electron chi connectivity index (χ1n) is 4.74. The minimum atomic E-state index is -0.722. The van der Waals surface area contributed by atoms with Gasteiger partial charge >= 0.3 is 5.97 Å². The molecule has 0 saturated heterocycles. The van der Waals surface area contributed by atoms with E-state index in [4.69, 9.17) is 5.11 Å². The standard InChI is InChI=1S/C11H13BrO2S/c1-8(4-2-3-5-11(13)14)9-6-7-10(12)15-9/h4,6-7H,2-3,5H2,1H3,(H,13,14)/b8-4+. The monoisotopic (exact) mass is 288 g/mol. The summed E-state index contributed by atoms with van der Waals surface area (Å²) >= 11 is 5.11. The third-order valence-electron chi connectivity index (χ3n) is 2.01. The lowest BCUT2D eigenvalue weighted by Gasteiger charge is -1.96. The average molecular weight is 289 g/mol. The number of hydrogen-bond acceptors (Lipinski definition) is 2. The molecule has 0 saturated carbocycles. The first-order valence-corrected chi connectivity index (χ1v) is 6.35. The highest BCUT2D eigenvalue weighted by atomic mass is 79.9. The molecule has 1 rings (SSSR count). The summed E-state index contributed by atoms with van der Waals surface area (Å²) in [6, 6.07) is 4.09. The Hall–Kier alpha value is -0.610. The number of allylic oxidation sites excluding steroid dienone is 2. The number of carboxylic acid groups (broad SMARTS) is 1. The van der Waals surface area contributed by atoms with Crippen LogP contribution < -0.4 is 0 Å². The van der Waals surface area contributed by atoms with Crippen molar-refractivity contribution in [1.29, 1.82) is 0 Å². The molecule has 1 aromatic heterocycles. The maximum Gasteiger partial charge on any atom is 0.303 e. The van der Waals surface area contributed by atoms with Crippen LogP contribution in [0.5, 0.6) is 0 Å². The van der Waals surface area contributed by atoms with Crippen molar-refractivity contribution in [3.8, 4) is 0 Å². The third-order valence-corrected chi connectivity index (χ3v) is 3.77. The van der Waals surface area contributed by atoms with E-state index in [0.717, 1.165) is 10.2 Å². The van der Waals surface area contributed by atoms with Crippen molar-refractivity contribution in [2.45, 2.75) is 26.2 Å². The van der Waals surface area contributed by atoms with Crippen molar-refractivity contribution in [2.24, 2.45) is 0 Å². The molecular formula is C11H13BrO2S. The molecule has 0 radical (unpaired) electrons. The fourth-order valence-electron chi connectivity index (χ4n) is 1.20. The van der Waals surface area contributed by atoms with E-state index in [2.05, 4.69) is 35.0 Å². The number of carbonyl (C=O) groups is 1. The number of rotatable bonds is 5. The van der Waals surface area contributed by atoms with E-state index in [1.165, 1.54) is 10.5 Å². The number of unbranched alkanes of at least 4 members (excludes halogenated alkanes) is 1. The summed E-state index contributed by atoms with van der Waals surface area (Å²) < 4.78 is 1.12. The Balaban J connectivity index is 2.43. The summed E-state index contributed by atoms with van der Waals surface area (Å²) in [4.78, 5) is 11.5. The van der Waals surface area contributed by atoms with Gasteiger partial charge < -0.3 is 5.11 Å². The zero-order chi connectivity index (χ0) is 11.3. The number of halogens is 1. The van der Waals surface area contributed by atoms with Gasteiger partial charge in [0.15, 0.2) is 0 Å². The predicted octanol–water partition coefficient (Wildman–Crippen LogP) is 4.17. The van der Waals surface area contributed by atoms with Crippen LogP contribution in [0.1, 0.15) is 31.1 Å². The van der Waals surface area contributed by atoms with E-state index >= 15 is 0 Å². The van der Waals surface area contributed by atoms with Crippen LogP contribution in [0.15, 0.2) is 22.0 Å². The molecule has 0 aliphatic carbocycles. The zero-order valence-corrected chi connectivity index (χ0v) is 10.9. The molecule has 0 bridgehead atoms. The van der Waals surface area contributed by atoms with E-state index in [9.17, 15) is 4.79 Å². The van der Waals surface area contributed by atoms with Crippen LogP contribution in [-0.2, 0) is 4.79 Å². The van der Waals surface area contributed by atoms with Crippen LogP contribution >= 0.6 is 27.3 Å². The summed E-state index contributed by atoms with van der Waals surface area (Å²) in [5, 5.41) is 8.47. The molecule has 1 N–H and O–H groups in total. The maximum absolute atomic E-state index is 10.3. The van der Waals surface area contributed by atoms with Gasteiger partial charge in [-0.1, -0.05) is 6.08 Å². The molecule has 2 nitrogen and oxygen atoms in total. The molecule has 0 spiro atoms. The minimum Gasteiger partial charge on any atom is -0.481 e. The molecule has 0 atom stereocenters. The molecule has 0 fully saturated rings. The topological polar surface area (TPSA) is 37.3 Å². The number of carboxylic acids is 1. The molecule has 82 valence electrons. The SMILES string of the molecule is C/C(=C\CCCC(=O)O)c1ccc(Br)s1. The van der Waals surface area contributed by atoms with Gasteiger partial charge in [-0.3, -0.25) is 4.79 Å². The Morgan fingerprint density at radius 1 is 1.60 bits per heavy atom. The molecule has 0 unspecified atom stereocenters. The highest BCUT2D eigenvalue weighted by Crippen LogP contribution is 2.28. The normalized spacial score (nSPS) is 11.7. The molecule has 4 heteroatoms. The fraction of sp³-hybridized carbons (Fsp3) is 0.364. The fourth-order valence-corrected chi connectivity index (χ4v) is 2.58. The van der Waals surface area contributed by atoms with Gasteiger partial charge in [-0.25, -0.2) is 0 Å². The van der Waals surface area contributed by atoms with Crippen LogP contribution in [0.25, 0.3) is 5.57 Å². The number of thiophene rings is 1. The molecule has 0 aliphatic rings. The Labute approximate surface area is 102 Å². The van der Waals surface area contributed by atoms with E-state index < -0.39 is 5.97 Å². The molecule has 1 aromatic rings. The predicted molar refractivity (Wildman–Crippen MR) is 67.2 cm³/mol. The third kappa shape index (κ3) is 4.62. The smallest absolute Gasteiger partial charge is 0.303 e. The summed E-state index contributed by atoms with van der Waals surface area (Å²) in [6.07, 6.45) is 3.88. The van der Waals surface area contributed by atoms with E-state index in [-0.39, 0.29) is 6.42 Å². The zero-order valence-electron chi connectivity index (χ0n) is 8.50. The largest absolute Gasteiger partial charge is 0.481 e. The average Bonchev–Trinajstić information content (AvgIpc) is 2.59. The lowest BCUT2D eigenvalue weighted by atomic mass is 10.1.